The SMILES string of the molecule is O=C(O)N1CCN(c2ncc(-c3cccs3)n3nnnc23)CC1. The maximum Gasteiger partial charge on any atom is 0.407 e. The van der Waals surface area contributed by atoms with Crippen LogP contribution in [0.4, 0.5) is 10.6 Å². The third-order valence-corrected chi connectivity index (χ3v) is 4.72. The average Bonchev–Trinajstić information content (AvgIpc) is 3.25. The predicted octanol–water partition coefficient (Wildman–Crippen LogP) is 1.05. The van der Waals surface area contributed by atoms with E-state index >= 15 is 0 Å². The summed E-state index contributed by atoms with van der Waals surface area (Å²) < 4.78 is 1.68. The molecule has 0 bridgehead atoms. The fourth-order valence-corrected chi connectivity index (χ4v) is 3.37. The number of hydrogen-bond donors (Lipinski definition) is 1. The third-order valence-electron chi connectivity index (χ3n) is 3.83. The number of hydrogen-bond acceptors (Lipinski definition) is 7. The molecule has 1 aliphatic heterocycles. The lowest BCUT2D eigenvalue weighted by atomic mass is 10.3. The molecule has 1 saturated heterocycles. The zero-order valence-electron chi connectivity index (χ0n) is 12.0. The van der Waals surface area contributed by atoms with Gasteiger partial charge in [0, 0.05) is 26.2 Å². The van der Waals surface area contributed by atoms with E-state index in [-0.39, 0.29) is 0 Å². The average molecular weight is 331 g/mol. The van der Waals surface area contributed by atoms with Crippen molar-refractivity contribution >= 4 is 28.9 Å². The Labute approximate surface area is 134 Å². The first-order valence-corrected chi connectivity index (χ1v) is 7.96. The number of thiophene rings is 1. The summed E-state index contributed by atoms with van der Waals surface area (Å²) in [6.07, 6.45) is 0.869. The smallest absolute Gasteiger partial charge is 0.407 e. The van der Waals surface area contributed by atoms with Gasteiger partial charge in [-0.1, -0.05) is 6.07 Å². The molecule has 0 saturated carbocycles. The Hall–Kier alpha value is -2.75. The molecule has 4 rings (SSSR count). The van der Waals surface area contributed by atoms with E-state index in [2.05, 4.69) is 20.5 Å². The Balaban J connectivity index is 1.69. The molecule has 118 valence electrons. The summed E-state index contributed by atoms with van der Waals surface area (Å²) in [5, 5.41) is 22.9. The number of piperazine rings is 1. The Morgan fingerprint density at radius 3 is 2.78 bits per heavy atom. The molecular formula is C13H13N7O2S. The third kappa shape index (κ3) is 2.36. The molecule has 3 aromatic rings. The zero-order chi connectivity index (χ0) is 15.8. The van der Waals surface area contributed by atoms with Crippen molar-refractivity contribution in [2.24, 2.45) is 0 Å². The highest BCUT2D eigenvalue weighted by Gasteiger charge is 2.24. The van der Waals surface area contributed by atoms with E-state index in [9.17, 15) is 4.79 Å². The summed E-state index contributed by atoms with van der Waals surface area (Å²) in [7, 11) is 0. The van der Waals surface area contributed by atoms with Crippen LogP contribution < -0.4 is 4.90 Å². The molecule has 1 N–H and O–H groups in total. The first kappa shape index (κ1) is 13.9. The highest BCUT2D eigenvalue weighted by Crippen LogP contribution is 2.27. The molecule has 4 heterocycles. The van der Waals surface area contributed by atoms with Crippen molar-refractivity contribution in [3.8, 4) is 10.6 Å². The van der Waals surface area contributed by atoms with Crippen molar-refractivity contribution in [3.63, 3.8) is 0 Å². The van der Waals surface area contributed by atoms with E-state index in [1.165, 1.54) is 4.90 Å². The molecule has 0 aromatic carbocycles. The summed E-state index contributed by atoms with van der Waals surface area (Å²) in [6.45, 7) is 2.02. The zero-order valence-corrected chi connectivity index (χ0v) is 12.8. The first-order chi connectivity index (χ1) is 11.2. The second-order valence-electron chi connectivity index (χ2n) is 5.12. The largest absolute Gasteiger partial charge is 0.465 e. The van der Waals surface area contributed by atoms with Crippen molar-refractivity contribution in [1.29, 1.82) is 0 Å². The number of fused-ring (bicyclic) bond motifs is 1. The minimum absolute atomic E-state index is 0.442. The quantitative estimate of drug-likeness (QED) is 0.749. The number of carbonyl (C=O) groups is 1. The van der Waals surface area contributed by atoms with E-state index in [1.54, 1.807) is 22.0 Å². The van der Waals surface area contributed by atoms with Gasteiger partial charge in [-0.3, -0.25) is 0 Å². The maximum atomic E-state index is 11.0. The fraction of sp³-hybridized carbons (Fsp3) is 0.308. The van der Waals surface area contributed by atoms with Crippen LogP contribution in [0.25, 0.3) is 16.2 Å². The van der Waals surface area contributed by atoms with Crippen molar-refractivity contribution < 1.29 is 9.90 Å². The number of carboxylic acid groups (broad SMARTS) is 1. The maximum absolute atomic E-state index is 11.0. The molecular weight excluding hydrogens is 318 g/mol. The van der Waals surface area contributed by atoms with Crippen molar-refractivity contribution in [2.45, 2.75) is 0 Å². The van der Waals surface area contributed by atoms with Gasteiger partial charge >= 0.3 is 6.09 Å². The minimum Gasteiger partial charge on any atom is -0.465 e. The monoisotopic (exact) mass is 331 g/mol. The van der Waals surface area contributed by atoms with Crippen LogP contribution in [0.3, 0.4) is 0 Å². The van der Waals surface area contributed by atoms with Gasteiger partial charge in [-0.05, 0) is 21.9 Å². The van der Waals surface area contributed by atoms with Crippen molar-refractivity contribution in [1.82, 2.24) is 29.9 Å². The van der Waals surface area contributed by atoms with Gasteiger partial charge in [-0.25, -0.2) is 9.78 Å². The van der Waals surface area contributed by atoms with Gasteiger partial charge in [0.2, 0.25) is 5.65 Å². The number of tetrazole rings is 1. The number of amides is 1. The molecule has 9 nitrogen and oxygen atoms in total. The van der Waals surface area contributed by atoms with E-state index in [1.807, 2.05) is 22.4 Å². The van der Waals surface area contributed by atoms with Crippen LogP contribution in [-0.2, 0) is 0 Å². The molecule has 1 fully saturated rings. The molecule has 1 amide bonds. The van der Waals surface area contributed by atoms with Crippen LogP contribution in [0.1, 0.15) is 0 Å². The van der Waals surface area contributed by atoms with Crippen molar-refractivity contribution in [2.75, 3.05) is 31.1 Å². The lowest BCUT2D eigenvalue weighted by Gasteiger charge is -2.33. The van der Waals surface area contributed by atoms with E-state index < -0.39 is 6.09 Å². The highest BCUT2D eigenvalue weighted by atomic mass is 32.1. The van der Waals surface area contributed by atoms with Crippen LogP contribution in [0.2, 0.25) is 0 Å². The molecule has 0 radical (unpaired) electrons. The van der Waals surface area contributed by atoms with Crippen LogP contribution in [0.5, 0.6) is 0 Å². The summed E-state index contributed by atoms with van der Waals surface area (Å²) >= 11 is 1.60. The fourth-order valence-electron chi connectivity index (χ4n) is 2.65. The normalized spacial score (nSPS) is 15.3. The molecule has 0 aliphatic carbocycles. The van der Waals surface area contributed by atoms with Crippen LogP contribution >= 0.6 is 11.3 Å². The number of rotatable bonds is 2. The molecule has 10 heteroatoms. The van der Waals surface area contributed by atoms with Crippen LogP contribution in [0.15, 0.2) is 23.7 Å². The molecule has 3 aromatic heterocycles. The summed E-state index contributed by atoms with van der Waals surface area (Å²) in [5.74, 6) is 0.681. The second-order valence-corrected chi connectivity index (χ2v) is 6.06. The molecule has 1 aliphatic rings. The minimum atomic E-state index is -0.889. The Morgan fingerprint density at radius 2 is 2.09 bits per heavy atom. The summed E-state index contributed by atoms with van der Waals surface area (Å²) in [5.41, 5.74) is 1.42. The summed E-state index contributed by atoms with van der Waals surface area (Å²) in [6, 6.07) is 3.96. The van der Waals surface area contributed by atoms with Gasteiger partial charge in [-0.2, -0.15) is 4.52 Å². The van der Waals surface area contributed by atoms with Gasteiger partial charge in [0.1, 0.15) is 5.69 Å². The van der Waals surface area contributed by atoms with Gasteiger partial charge in [0.15, 0.2) is 5.82 Å². The predicted molar refractivity (Wildman–Crippen MR) is 83.7 cm³/mol. The summed E-state index contributed by atoms with van der Waals surface area (Å²) in [4.78, 5) is 20.0. The standard InChI is InChI=1S/C13H13N7O2S/c21-13(22)19-5-3-18(4-6-19)11-12-15-16-17-20(12)9(8-14-11)10-2-1-7-23-10/h1-2,7-8H,3-6H2,(H,21,22). The van der Waals surface area contributed by atoms with Crippen LogP contribution in [-0.4, -0.2) is 67.3 Å². The Kier molecular flexibility index (Phi) is 3.30. The lowest BCUT2D eigenvalue weighted by molar-refractivity contribution is 0.142. The number of anilines is 1. The number of aromatic nitrogens is 5. The molecule has 23 heavy (non-hydrogen) atoms. The Morgan fingerprint density at radius 1 is 1.26 bits per heavy atom. The molecule has 0 unspecified atom stereocenters. The highest BCUT2D eigenvalue weighted by molar-refractivity contribution is 7.13. The van der Waals surface area contributed by atoms with Gasteiger partial charge in [0.25, 0.3) is 0 Å². The topological polar surface area (TPSA) is 99.8 Å². The van der Waals surface area contributed by atoms with Gasteiger partial charge in [-0.15, -0.1) is 16.4 Å². The lowest BCUT2D eigenvalue weighted by Crippen LogP contribution is -2.48. The number of nitrogens with zero attached hydrogens (tertiary/aromatic N) is 7. The second kappa shape index (κ2) is 5.47. The Bertz CT molecular complexity index is 839. The molecule has 0 spiro atoms. The van der Waals surface area contributed by atoms with Crippen LogP contribution in [0, 0.1) is 0 Å². The molecule has 0 atom stereocenters. The van der Waals surface area contributed by atoms with Gasteiger partial charge < -0.3 is 14.9 Å². The van der Waals surface area contributed by atoms with Crippen molar-refractivity contribution in [3.05, 3.63) is 23.7 Å². The van der Waals surface area contributed by atoms with E-state index in [4.69, 9.17) is 5.11 Å². The van der Waals surface area contributed by atoms with E-state index in [0.29, 0.717) is 37.6 Å². The van der Waals surface area contributed by atoms with E-state index in [0.717, 1.165) is 10.6 Å². The van der Waals surface area contributed by atoms with Gasteiger partial charge in [0.05, 0.1) is 11.1 Å². The first-order valence-electron chi connectivity index (χ1n) is 7.08.